The van der Waals surface area contributed by atoms with Crippen LogP contribution in [0, 0.1) is 0 Å². The Labute approximate surface area is 182 Å². The van der Waals surface area contributed by atoms with Crippen molar-refractivity contribution in [3.05, 3.63) is 89.4 Å². The summed E-state index contributed by atoms with van der Waals surface area (Å²) in [5.74, 6) is 0.537. The van der Waals surface area contributed by atoms with E-state index in [1.54, 1.807) is 12.1 Å². The lowest BCUT2D eigenvalue weighted by molar-refractivity contribution is -0.121. The molecule has 0 bridgehead atoms. The van der Waals surface area contributed by atoms with Gasteiger partial charge < -0.3 is 9.15 Å². The van der Waals surface area contributed by atoms with Crippen molar-refractivity contribution in [3.8, 4) is 5.75 Å². The topological polar surface area (TPSA) is 80.6 Å². The molecule has 0 aliphatic carbocycles. The molecule has 1 aromatic heterocycles. The molecule has 0 spiro atoms. The van der Waals surface area contributed by atoms with Crippen LogP contribution in [0.2, 0.25) is 0 Å². The fraction of sp³-hybridized carbons (Fsp3) is 0.280. The Morgan fingerprint density at radius 3 is 2.29 bits per heavy atom. The molecule has 6 nitrogen and oxygen atoms in total. The number of hydrogen-bond acceptors (Lipinski definition) is 4. The third-order valence-electron chi connectivity index (χ3n) is 4.79. The number of nitrogens with one attached hydrogen (secondary N) is 2. The molecule has 0 aliphatic rings. The van der Waals surface area contributed by atoms with Crippen molar-refractivity contribution in [2.24, 2.45) is 0 Å². The fourth-order valence-corrected chi connectivity index (χ4v) is 2.93. The fourth-order valence-electron chi connectivity index (χ4n) is 2.93. The predicted octanol–water partition coefficient (Wildman–Crippen LogP) is 4.55. The number of benzene rings is 2. The van der Waals surface area contributed by atoms with Crippen LogP contribution in [0.25, 0.3) is 0 Å². The van der Waals surface area contributed by atoms with Crippen LogP contribution >= 0.6 is 0 Å². The number of aryl methyl sites for hydroxylation is 1. The van der Waals surface area contributed by atoms with Gasteiger partial charge in [-0.05, 0) is 47.2 Å². The average molecular weight is 421 g/mol. The lowest BCUT2D eigenvalue weighted by Crippen LogP contribution is -2.41. The third-order valence-corrected chi connectivity index (χ3v) is 4.79. The maximum atomic E-state index is 12.2. The summed E-state index contributed by atoms with van der Waals surface area (Å²) < 4.78 is 11.1. The summed E-state index contributed by atoms with van der Waals surface area (Å²) in [6.45, 7) is 6.70. The lowest BCUT2D eigenvalue weighted by atomic mass is 9.86. The van der Waals surface area contributed by atoms with E-state index in [2.05, 4.69) is 43.8 Å². The molecular weight excluding hydrogens is 392 g/mol. The van der Waals surface area contributed by atoms with Crippen molar-refractivity contribution in [1.82, 2.24) is 10.9 Å². The Morgan fingerprint density at radius 1 is 0.903 bits per heavy atom. The minimum absolute atomic E-state index is 0.0968. The molecule has 0 atom stereocenters. The highest BCUT2D eigenvalue weighted by atomic mass is 16.5. The molecule has 2 N–H and O–H groups in total. The van der Waals surface area contributed by atoms with Crippen molar-refractivity contribution in [2.45, 2.75) is 45.6 Å². The van der Waals surface area contributed by atoms with E-state index in [1.807, 2.05) is 42.5 Å². The van der Waals surface area contributed by atoms with Crippen LogP contribution in [0.1, 0.15) is 54.6 Å². The molecule has 31 heavy (non-hydrogen) atoms. The van der Waals surface area contributed by atoms with Gasteiger partial charge in [-0.15, -0.1) is 0 Å². The second-order valence-corrected chi connectivity index (χ2v) is 8.32. The highest BCUT2D eigenvalue weighted by Crippen LogP contribution is 2.22. The van der Waals surface area contributed by atoms with Crippen LogP contribution < -0.4 is 15.6 Å². The van der Waals surface area contributed by atoms with Crippen LogP contribution in [0.3, 0.4) is 0 Å². The van der Waals surface area contributed by atoms with Gasteiger partial charge in [0.25, 0.3) is 0 Å². The molecule has 6 heteroatoms. The van der Waals surface area contributed by atoms with E-state index in [1.165, 1.54) is 5.56 Å². The Kier molecular flexibility index (Phi) is 7.13. The number of carbonyl (C=O) groups is 2. The SMILES string of the molecule is CC(C)(C)c1ccc(CCC(=O)NNC(=O)c2ccc(COc3ccccc3)o2)cc1. The van der Waals surface area contributed by atoms with E-state index in [4.69, 9.17) is 9.15 Å². The number of para-hydroxylation sites is 1. The lowest BCUT2D eigenvalue weighted by Gasteiger charge is -2.19. The van der Waals surface area contributed by atoms with Crippen LogP contribution in [-0.4, -0.2) is 11.8 Å². The van der Waals surface area contributed by atoms with Crippen LogP contribution in [-0.2, 0) is 23.2 Å². The monoisotopic (exact) mass is 420 g/mol. The van der Waals surface area contributed by atoms with Gasteiger partial charge in [-0.25, -0.2) is 0 Å². The number of hydrazine groups is 1. The molecule has 0 fully saturated rings. The summed E-state index contributed by atoms with van der Waals surface area (Å²) in [5, 5.41) is 0. The molecule has 0 radical (unpaired) electrons. The summed E-state index contributed by atoms with van der Waals surface area (Å²) in [7, 11) is 0. The minimum Gasteiger partial charge on any atom is -0.486 e. The standard InChI is InChI=1S/C25H28N2O4/c1-25(2,3)19-12-9-18(10-13-19)11-16-23(28)26-27-24(29)22-15-14-21(31-22)17-30-20-7-5-4-6-8-20/h4-10,12-15H,11,16-17H2,1-3H3,(H,26,28)(H,27,29). The van der Waals surface area contributed by atoms with Crippen molar-refractivity contribution in [2.75, 3.05) is 0 Å². The van der Waals surface area contributed by atoms with E-state index < -0.39 is 5.91 Å². The molecule has 162 valence electrons. The van der Waals surface area contributed by atoms with Gasteiger partial charge in [-0.2, -0.15) is 0 Å². The summed E-state index contributed by atoms with van der Waals surface area (Å²) in [6.07, 6.45) is 0.858. The van der Waals surface area contributed by atoms with E-state index in [0.29, 0.717) is 17.9 Å². The number of hydrogen-bond donors (Lipinski definition) is 2. The van der Waals surface area contributed by atoms with Gasteiger partial charge >= 0.3 is 5.91 Å². The Bertz CT molecular complexity index is 1000. The van der Waals surface area contributed by atoms with Crippen molar-refractivity contribution in [3.63, 3.8) is 0 Å². The van der Waals surface area contributed by atoms with Crippen molar-refractivity contribution < 1.29 is 18.7 Å². The first-order valence-electron chi connectivity index (χ1n) is 10.3. The summed E-state index contributed by atoms with van der Waals surface area (Å²) >= 11 is 0. The molecule has 1 heterocycles. The Hall–Kier alpha value is -3.54. The molecule has 0 saturated carbocycles. The average Bonchev–Trinajstić information content (AvgIpc) is 3.24. The smallest absolute Gasteiger partial charge is 0.305 e. The minimum atomic E-state index is -0.520. The Balaban J connectivity index is 1.41. The van der Waals surface area contributed by atoms with Gasteiger partial charge in [-0.1, -0.05) is 63.2 Å². The summed E-state index contributed by atoms with van der Waals surface area (Å²) in [4.78, 5) is 24.2. The molecular formula is C25H28N2O4. The quantitative estimate of drug-likeness (QED) is 0.550. The number of carbonyl (C=O) groups excluding carboxylic acids is 2. The van der Waals surface area contributed by atoms with Gasteiger partial charge in [0.15, 0.2) is 5.76 Å². The van der Waals surface area contributed by atoms with E-state index in [0.717, 1.165) is 5.56 Å². The molecule has 3 aromatic rings. The molecule has 3 rings (SSSR count). The number of rotatable bonds is 7. The maximum absolute atomic E-state index is 12.2. The third kappa shape index (κ3) is 6.74. The first-order valence-corrected chi connectivity index (χ1v) is 10.3. The Morgan fingerprint density at radius 2 is 1.61 bits per heavy atom. The number of amides is 2. The number of ether oxygens (including phenoxy) is 1. The normalized spacial score (nSPS) is 11.1. The van der Waals surface area contributed by atoms with E-state index in [-0.39, 0.29) is 30.1 Å². The first-order chi connectivity index (χ1) is 14.8. The van der Waals surface area contributed by atoms with E-state index in [9.17, 15) is 9.59 Å². The van der Waals surface area contributed by atoms with Crippen LogP contribution in [0.15, 0.2) is 71.1 Å². The largest absolute Gasteiger partial charge is 0.486 e. The molecule has 2 amide bonds. The second-order valence-electron chi connectivity index (χ2n) is 8.32. The zero-order valence-electron chi connectivity index (χ0n) is 18.1. The van der Waals surface area contributed by atoms with Crippen molar-refractivity contribution >= 4 is 11.8 Å². The summed E-state index contributed by atoms with van der Waals surface area (Å²) in [5.41, 5.74) is 7.22. The van der Waals surface area contributed by atoms with Gasteiger partial charge in [0.1, 0.15) is 18.1 Å². The van der Waals surface area contributed by atoms with E-state index >= 15 is 0 Å². The zero-order chi connectivity index (χ0) is 22.3. The molecule has 0 saturated heterocycles. The summed E-state index contributed by atoms with van der Waals surface area (Å²) in [6, 6.07) is 20.8. The van der Waals surface area contributed by atoms with Gasteiger partial charge in [0.05, 0.1) is 0 Å². The highest BCUT2D eigenvalue weighted by Gasteiger charge is 2.14. The first kappa shape index (κ1) is 22.2. The van der Waals surface area contributed by atoms with Crippen LogP contribution in [0.5, 0.6) is 5.75 Å². The maximum Gasteiger partial charge on any atom is 0.305 e. The second kappa shape index (κ2) is 9.98. The van der Waals surface area contributed by atoms with Gasteiger partial charge in [0.2, 0.25) is 5.91 Å². The predicted molar refractivity (Wildman–Crippen MR) is 119 cm³/mol. The van der Waals surface area contributed by atoms with Gasteiger partial charge in [0, 0.05) is 6.42 Å². The highest BCUT2D eigenvalue weighted by molar-refractivity contribution is 5.92. The molecule has 0 unspecified atom stereocenters. The van der Waals surface area contributed by atoms with Crippen molar-refractivity contribution in [1.29, 1.82) is 0 Å². The number of furan rings is 1. The van der Waals surface area contributed by atoms with Gasteiger partial charge in [-0.3, -0.25) is 20.4 Å². The zero-order valence-corrected chi connectivity index (χ0v) is 18.1. The molecule has 0 aliphatic heterocycles. The molecule has 2 aromatic carbocycles. The van der Waals surface area contributed by atoms with Crippen LogP contribution in [0.4, 0.5) is 0 Å².